The van der Waals surface area contributed by atoms with Crippen molar-refractivity contribution in [3.63, 3.8) is 0 Å². The molecule has 218 valence electrons. The number of pyridine rings is 2. The summed E-state index contributed by atoms with van der Waals surface area (Å²) in [4.78, 5) is 19.4. The van der Waals surface area contributed by atoms with Crippen LogP contribution in [0.3, 0.4) is 0 Å². The molecule has 0 saturated heterocycles. The first kappa shape index (κ1) is 27.4. The van der Waals surface area contributed by atoms with Gasteiger partial charge in [0.15, 0.2) is 5.69 Å². The lowest BCUT2D eigenvalue weighted by Gasteiger charge is -2.52. The lowest BCUT2D eigenvalue weighted by molar-refractivity contribution is -0.150. The standard InChI is InChI=1S/C31H29Cl2N3O6/c32-21-13-34-14-22(33)26(21)27-20(28(42-36-27)17-1-2-17)15-41-31-8-5-30(6-9-31,7-10-31)16-40-18-3-4-23-19(11-18)25(37)12-24(35-23)29(38)39/h3-4,11-14,17H,1-2,5-10,15-16H2,(H,35,37)(H,38,39). The van der Waals surface area contributed by atoms with Gasteiger partial charge in [-0.2, -0.15) is 0 Å². The molecule has 3 heterocycles. The Bertz CT molecular complexity index is 1660. The predicted molar refractivity (Wildman–Crippen MR) is 155 cm³/mol. The number of benzene rings is 1. The second-order valence-corrected chi connectivity index (χ2v) is 12.7. The number of nitrogens with zero attached hydrogens (tertiary/aromatic N) is 3. The normalized spacial score (nSPS) is 23.4. The van der Waals surface area contributed by atoms with Crippen LogP contribution < -0.4 is 4.74 Å². The maximum atomic E-state index is 11.3. The van der Waals surface area contributed by atoms with E-state index in [2.05, 4.69) is 15.1 Å². The van der Waals surface area contributed by atoms with Crippen molar-refractivity contribution in [3.8, 4) is 22.8 Å². The average Bonchev–Trinajstić information content (AvgIpc) is 3.76. The summed E-state index contributed by atoms with van der Waals surface area (Å²) in [5.74, 6) is 0.533. The minimum atomic E-state index is -1.19. The van der Waals surface area contributed by atoms with Crippen molar-refractivity contribution in [1.29, 1.82) is 0 Å². The number of aromatic nitrogens is 3. The van der Waals surface area contributed by atoms with Gasteiger partial charge < -0.3 is 24.2 Å². The summed E-state index contributed by atoms with van der Waals surface area (Å²) in [5, 5.41) is 25.3. The average molecular weight is 610 g/mol. The van der Waals surface area contributed by atoms with Gasteiger partial charge in [-0.05, 0) is 69.6 Å². The first-order chi connectivity index (χ1) is 20.2. The van der Waals surface area contributed by atoms with E-state index in [1.807, 2.05) is 0 Å². The third-order valence-electron chi connectivity index (χ3n) is 9.23. The third kappa shape index (κ3) is 4.97. The molecule has 4 saturated carbocycles. The van der Waals surface area contributed by atoms with Crippen molar-refractivity contribution >= 4 is 40.1 Å². The monoisotopic (exact) mass is 609 g/mol. The molecule has 4 aromatic rings. The molecule has 0 radical (unpaired) electrons. The summed E-state index contributed by atoms with van der Waals surface area (Å²) in [6, 6.07) is 6.32. The smallest absolute Gasteiger partial charge is 0.354 e. The lowest BCUT2D eigenvalue weighted by Crippen LogP contribution is -2.49. The molecule has 0 atom stereocenters. The first-order valence-corrected chi connectivity index (χ1v) is 14.9. The van der Waals surface area contributed by atoms with Crippen molar-refractivity contribution in [1.82, 2.24) is 15.1 Å². The van der Waals surface area contributed by atoms with E-state index < -0.39 is 5.97 Å². The van der Waals surface area contributed by atoms with Crippen LogP contribution in [-0.4, -0.2) is 43.5 Å². The molecule has 9 nitrogen and oxygen atoms in total. The van der Waals surface area contributed by atoms with Crippen molar-refractivity contribution in [2.75, 3.05) is 6.61 Å². The highest BCUT2D eigenvalue weighted by molar-refractivity contribution is 6.38. The highest BCUT2D eigenvalue weighted by atomic mass is 35.5. The number of fused-ring (bicyclic) bond motifs is 4. The summed E-state index contributed by atoms with van der Waals surface area (Å²) in [6.07, 6.45) is 11.1. The quantitative estimate of drug-likeness (QED) is 0.197. The number of hydrogen-bond donors (Lipinski definition) is 2. The highest BCUT2D eigenvalue weighted by Crippen LogP contribution is 2.55. The van der Waals surface area contributed by atoms with E-state index in [1.165, 1.54) is 0 Å². The van der Waals surface area contributed by atoms with Gasteiger partial charge in [-0.25, -0.2) is 9.78 Å². The zero-order valence-electron chi connectivity index (χ0n) is 22.7. The van der Waals surface area contributed by atoms with Gasteiger partial charge >= 0.3 is 5.97 Å². The van der Waals surface area contributed by atoms with Crippen molar-refractivity contribution in [3.05, 3.63) is 63.7 Å². The minimum Gasteiger partial charge on any atom is -0.507 e. The summed E-state index contributed by atoms with van der Waals surface area (Å²) < 4.78 is 18.8. The fraction of sp³-hybridized carbons (Fsp3) is 0.419. The third-order valence-corrected chi connectivity index (χ3v) is 9.81. The zero-order chi connectivity index (χ0) is 29.1. The molecule has 3 aromatic heterocycles. The second-order valence-electron chi connectivity index (χ2n) is 11.9. The maximum Gasteiger partial charge on any atom is 0.354 e. The number of hydrogen-bond acceptors (Lipinski definition) is 8. The van der Waals surface area contributed by atoms with Crippen molar-refractivity contribution < 1.29 is 29.0 Å². The molecule has 0 spiro atoms. The van der Waals surface area contributed by atoms with Crippen molar-refractivity contribution in [2.45, 2.75) is 69.5 Å². The fourth-order valence-electron chi connectivity index (χ4n) is 6.47. The lowest BCUT2D eigenvalue weighted by atomic mass is 9.59. The van der Waals surface area contributed by atoms with Crippen LogP contribution in [0.25, 0.3) is 22.2 Å². The zero-order valence-corrected chi connectivity index (χ0v) is 24.2. The van der Waals surface area contributed by atoms with Gasteiger partial charge in [-0.15, -0.1) is 0 Å². The van der Waals surface area contributed by atoms with Crippen LogP contribution in [0, 0.1) is 5.41 Å². The van der Waals surface area contributed by atoms with Crippen LogP contribution in [0.4, 0.5) is 0 Å². The van der Waals surface area contributed by atoms with Crippen LogP contribution in [0.15, 0.2) is 41.2 Å². The maximum absolute atomic E-state index is 11.3. The van der Waals surface area contributed by atoms with E-state index in [0.717, 1.165) is 68.8 Å². The molecular weight excluding hydrogens is 581 g/mol. The number of carboxylic acids is 1. The van der Waals surface area contributed by atoms with Crippen molar-refractivity contribution in [2.24, 2.45) is 5.41 Å². The van der Waals surface area contributed by atoms with E-state index in [1.54, 1.807) is 30.6 Å². The Balaban J connectivity index is 1.03. The van der Waals surface area contributed by atoms with E-state index in [0.29, 0.717) is 57.1 Å². The number of ether oxygens (including phenoxy) is 2. The van der Waals surface area contributed by atoms with E-state index >= 15 is 0 Å². The van der Waals surface area contributed by atoms with Gasteiger partial charge in [0.25, 0.3) is 0 Å². The highest BCUT2D eigenvalue weighted by Gasteiger charge is 2.50. The van der Waals surface area contributed by atoms with Crippen LogP contribution in [-0.2, 0) is 11.3 Å². The molecule has 2 bridgehead atoms. The SMILES string of the molecule is O=C(O)c1cc(O)c2cc(OCC34CCC(OCc5c(-c6c(Cl)cncc6Cl)noc5C5CC5)(CC3)CC4)ccc2n1. The molecule has 8 rings (SSSR count). The molecule has 1 aromatic carbocycles. The Kier molecular flexibility index (Phi) is 6.79. The Morgan fingerprint density at radius 1 is 1.05 bits per heavy atom. The molecule has 2 N–H and O–H groups in total. The Morgan fingerprint density at radius 2 is 1.76 bits per heavy atom. The van der Waals surface area contributed by atoms with Gasteiger partial charge in [0.05, 0.1) is 34.4 Å². The second kappa shape index (κ2) is 10.4. The van der Waals surface area contributed by atoms with Crippen LogP contribution >= 0.6 is 23.2 Å². The number of carboxylic acid groups (broad SMARTS) is 1. The van der Waals surface area contributed by atoms with Gasteiger partial charge in [0.1, 0.15) is 23.0 Å². The van der Waals surface area contributed by atoms with E-state index in [-0.39, 0.29) is 22.5 Å². The largest absolute Gasteiger partial charge is 0.507 e. The molecule has 4 aliphatic rings. The van der Waals surface area contributed by atoms with Gasteiger partial charge in [-0.3, -0.25) is 4.98 Å². The van der Waals surface area contributed by atoms with Crippen LogP contribution in [0.2, 0.25) is 10.0 Å². The fourth-order valence-corrected chi connectivity index (χ4v) is 7.02. The molecule has 11 heteroatoms. The Morgan fingerprint density at radius 3 is 2.43 bits per heavy atom. The van der Waals surface area contributed by atoms with Crippen LogP contribution in [0.5, 0.6) is 11.5 Å². The number of aromatic hydroxyl groups is 1. The number of carbonyl (C=O) groups is 1. The minimum absolute atomic E-state index is 0.0626. The van der Waals surface area contributed by atoms with Crippen LogP contribution in [0.1, 0.15) is 79.1 Å². The molecule has 42 heavy (non-hydrogen) atoms. The molecular formula is C31H29Cl2N3O6. The van der Waals surface area contributed by atoms with Gasteiger partial charge in [-0.1, -0.05) is 28.4 Å². The molecule has 0 unspecified atom stereocenters. The van der Waals surface area contributed by atoms with Gasteiger partial charge in [0.2, 0.25) is 0 Å². The Hall–Kier alpha value is -3.40. The molecule has 4 fully saturated rings. The number of halogens is 2. The molecule has 0 amide bonds. The molecule has 4 aliphatic carbocycles. The van der Waals surface area contributed by atoms with E-state index in [4.69, 9.17) is 37.2 Å². The summed E-state index contributed by atoms with van der Waals surface area (Å²) in [7, 11) is 0. The first-order valence-electron chi connectivity index (χ1n) is 14.2. The Labute approximate surface area is 251 Å². The molecule has 0 aliphatic heterocycles. The van der Waals surface area contributed by atoms with E-state index in [9.17, 15) is 15.0 Å². The summed E-state index contributed by atoms with van der Waals surface area (Å²) in [6.45, 7) is 0.956. The number of rotatable bonds is 9. The predicted octanol–water partition coefficient (Wildman–Crippen LogP) is 7.56. The van der Waals surface area contributed by atoms with Gasteiger partial charge in [0, 0.05) is 46.3 Å². The summed E-state index contributed by atoms with van der Waals surface area (Å²) >= 11 is 13.0. The topological polar surface area (TPSA) is 128 Å². The summed E-state index contributed by atoms with van der Waals surface area (Å²) in [5.41, 5.74) is 2.26. The number of aromatic carboxylic acids is 1.